The molecule has 0 aromatic rings. The Bertz CT molecular complexity index is 219. The lowest BCUT2D eigenvalue weighted by Gasteiger charge is -1.91. The van der Waals surface area contributed by atoms with E-state index in [1.165, 1.54) is 0 Å². The molecule has 5 heteroatoms. The van der Waals surface area contributed by atoms with E-state index < -0.39 is 10.9 Å². The van der Waals surface area contributed by atoms with Crippen molar-refractivity contribution >= 4 is 5.97 Å². The summed E-state index contributed by atoms with van der Waals surface area (Å²) in [5.41, 5.74) is -0.160. The van der Waals surface area contributed by atoms with E-state index in [1.807, 2.05) is 0 Å². The van der Waals surface area contributed by atoms with Gasteiger partial charge in [0.05, 0.1) is 4.92 Å². The number of rotatable bonds is 2. The van der Waals surface area contributed by atoms with Crippen molar-refractivity contribution in [2.75, 3.05) is 0 Å². The van der Waals surface area contributed by atoms with Crippen LogP contribution in [0.25, 0.3) is 0 Å². The highest BCUT2D eigenvalue weighted by Gasteiger charge is 2.28. The lowest BCUT2D eigenvalue weighted by atomic mass is 10.2. The number of nitrogens with zero attached hydrogens (tertiary/aromatic N) is 1. The van der Waals surface area contributed by atoms with E-state index in [0.717, 1.165) is 0 Å². The van der Waals surface area contributed by atoms with E-state index in [1.54, 1.807) is 0 Å². The molecule has 11 heavy (non-hydrogen) atoms. The van der Waals surface area contributed by atoms with Crippen LogP contribution in [0.5, 0.6) is 0 Å². The quantitative estimate of drug-likeness (QED) is 0.474. The molecule has 5 nitrogen and oxygen atoms in total. The fourth-order valence-corrected chi connectivity index (χ4v) is 1.16. The van der Waals surface area contributed by atoms with E-state index in [-0.39, 0.29) is 17.7 Å². The van der Waals surface area contributed by atoms with Crippen LogP contribution < -0.4 is 0 Å². The molecule has 0 aliphatic heterocycles. The second kappa shape index (κ2) is 2.69. The standard InChI is InChI=1S/C6H7NO4/c8-6(9)4-2-1-3-5(4)7(10)11/h1-3H2,(H,8,9). The predicted octanol–water partition coefficient (Wildman–Crippen LogP) is 0.786. The third-order valence-corrected chi connectivity index (χ3v) is 1.67. The summed E-state index contributed by atoms with van der Waals surface area (Å²) in [5, 5.41) is 18.7. The van der Waals surface area contributed by atoms with Gasteiger partial charge in [-0.1, -0.05) is 0 Å². The van der Waals surface area contributed by atoms with E-state index in [4.69, 9.17) is 5.11 Å². The van der Waals surface area contributed by atoms with Gasteiger partial charge in [0, 0.05) is 6.42 Å². The van der Waals surface area contributed by atoms with Crippen molar-refractivity contribution < 1.29 is 14.8 Å². The Balaban J connectivity index is 2.95. The molecular weight excluding hydrogens is 150 g/mol. The van der Waals surface area contributed by atoms with Crippen LogP contribution in [0.1, 0.15) is 19.3 Å². The highest BCUT2D eigenvalue weighted by atomic mass is 16.6. The second-order valence-corrected chi connectivity index (χ2v) is 2.34. The first kappa shape index (κ1) is 7.71. The number of carboxylic acids is 1. The van der Waals surface area contributed by atoms with E-state index in [2.05, 4.69) is 0 Å². The highest BCUT2D eigenvalue weighted by Crippen LogP contribution is 2.25. The number of carbonyl (C=O) groups is 1. The van der Waals surface area contributed by atoms with Gasteiger partial charge in [-0.3, -0.25) is 10.1 Å². The Kier molecular flexibility index (Phi) is 1.89. The van der Waals surface area contributed by atoms with Crippen molar-refractivity contribution in [3.8, 4) is 0 Å². The fourth-order valence-electron chi connectivity index (χ4n) is 1.16. The predicted molar refractivity (Wildman–Crippen MR) is 35.5 cm³/mol. The Morgan fingerprint density at radius 2 is 2.18 bits per heavy atom. The summed E-state index contributed by atoms with van der Waals surface area (Å²) in [6, 6.07) is 0. The maximum atomic E-state index is 10.4. The molecule has 60 valence electrons. The summed E-state index contributed by atoms with van der Waals surface area (Å²) < 4.78 is 0. The molecule has 0 atom stereocenters. The number of hydrogen-bond donors (Lipinski definition) is 1. The molecule has 0 fully saturated rings. The van der Waals surface area contributed by atoms with Gasteiger partial charge in [0.1, 0.15) is 5.57 Å². The number of hydrogen-bond acceptors (Lipinski definition) is 3. The molecule has 0 unspecified atom stereocenters. The van der Waals surface area contributed by atoms with Gasteiger partial charge in [0.25, 0.3) is 5.70 Å². The fraction of sp³-hybridized carbons (Fsp3) is 0.500. The average molecular weight is 157 g/mol. The van der Waals surface area contributed by atoms with Crippen LogP contribution in [0.4, 0.5) is 0 Å². The number of allylic oxidation sites excluding steroid dienone is 1. The zero-order valence-corrected chi connectivity index (χ0v) is 5.74. The molecule has 1 aliphatic rings. The Morgan fingerprint density at radius 3 is 2.55 bits per heavy atom. The third-order valence-electron chi connectivity index (χ3n) is 1.67. The maximum absolute atomic E-state index is 10.4. The molecule has 0 heterocycles. The first-order valence-electron chi connectivity index (χ1n) is 3.22. The lowest BCUT2D eigenvalue weighted by Crippen LogP contribution is -2.05. The Labute approximate surface area is 62.5 Å². The van der Waals surface area contributed by atoms with Crippen molar-refractivity contribution in [1.82, 2.24) is 0 Å². The third kappa shape index (κ3) is 1.36. The summed E-state index contributed by atoms with van der Waals surface area (Å²) in [4.78, 5) is 20.0. The summed E-state index contributed by atoms with van der Waals surface area (Å²) in [6.07, 6.45) is 1.19. The smallest absolute Gasteiger partial charge is 0.338 e. The molecule has 0 saturated carbocycles. The topological polar surface area (TPSA) is 80.4 Å². The molecule has 0 radical (unpaired) electrons. The molecule has 0 aromatic carbocycles. The van der Waals surface area contributed by atoms with Gasteiger partial charge in [-0.2, -0.15) is 0 Å². The summed E-state index contributed by atoms with van der Waals surface area (Å²) in [5.74, 6) is -1.16. The van der Waals surface area contributed by atoms with Crippen molar-refractivity contribution in [2.24, 2.45) is 0 Å². The van der Waals surface area contributed by atoms with Crippen LogP contribution in [-0.4, -0.2) is 16.0 Å². The minimum atomic E-state index is -1.16. The second-order valence-electron chi connectivity index (χ2n) is 2.34. The minimum Gasteiger partial charge on any atom is -0.478 e. The van der Waals surface area contributed by atoms with E-state index in [9.17, 15) is 14.9 Å². The van der Waals surface area contributed by atoms with Crippen LogP contribution in [0.15, 0.2) is 11.3 Å². The molecular formula is C6H7NO4. The normalized spacial score (nSPS) is 17.1. The summed E-state index contributed by atoms with van der Waals surface area (Å²) >= 11 is 0. The van der Waals surface area contributed by atoms with Gasteiger partial charge < -0.3 is 5.11 Å². The van der Waals surface area contributed by atoms with Gasteiger partial charge >= 0.3 is 5.97 Å². The zero-order valence-electron chi connectivity index (χ0n) is 5.74. The zero-order chi connectivity index (χ0) is 8.43. The van der Waals surface area contributed by atoms with Crippen molar-refractivity contribution in [2.45, 2.75) is 19.3 Å². The van der Waals surface area contributed by atoms with Crippen LogP contribution in [0.3, 0.4) is 0 Å². The van der Waals surface area contributed by atoms with E-state index in [0.29, 0.717) is 12.8 Å². The maximum Gasteiger partial charge on any atom is 0.338 e. The molecule has 1 N–H and O–H groups in total. The Morgan fingerprint density at radius 1 is 1.55 bits per heavy atom. The monoisotopic (exact) mass is 157 g/mol. The molecule has 0 aromatic heterocycles. The molecule has 0 spiro atoms. The average Bonchev–Trinajstić information content (AvgIpc) is 2.32. The van der Waals surface area contributed by atoms with Gasteiger partial charge in [-0.05, 0) is 12.8 Å². The van der Waals surface area contributed by atoms with E-state index >= 15 is 0 Å². The SMILES string of the molecule is O=C(O)C1=C([N+](=O)[O-])CCC1. The van der Waals surface area contributed by atoms with Crippen LogP contribution in [0.2, 0.25) is 0 Å². The highest BCUT2D eigenvalue weighted by molar-refractivity contribution is 5.87. The summed E-state index contributed by atoms with van der Waals surface area (Å²) in [7, 11) is 0. The number of aliphatic carboxylic acids is 1. The molecule has 1 rings (SSSR count). The first-order valence-corrected chi connectivity index (χ1v) is 3.22. The van der Waals surface area contributed by atoms with Crippen LogP contribution in [0, 0.1) is 10.1 Å². The number of nitro groups is 1. The molecule has 0 bridgehead atoms. The van der Waals surface area contributed by atoms with Crippen molar-refractivity contribution in [3.05, 3.63) is 21.4 Å². The molecule has 0 amide bonds. The van der Waals surface area contributed by atoms with Crippen molar-refractivity contribution in [3.63, 3.8) is 0 Å². The first-order chi connectivity index (χ1) is 5.13. The van der Waals surface area contributed by atoms with Gasteiger partial charge in [-0.25, -0.2) is 4.79 Å². The van der Waals surface area contributed by atoms with Gasteiger partial charge in [-0.15, -0.1) is 0 Å². The largest absolute Gasteiger partial charge is 0.478 e. The Hall–Kier alpha value is -1.39. The van der Waals surface area contributed by atoms with Gasteiger partial charge in [0.15, 0.2) is 0 Å². The number of carboxylic acid groups (broad SMARTS) is 1. The summed E-state index contributed by atoms with van der Waals surface area (Å²) in [6.45, 7) is 0. The molecule has 1 aliphatic carbocycles. The van der Waals surface area contributed by atoms with Crippen LogP contribution >= 0.6 is 0 Å². The molecule has 0 saturated heterocycles. The van der Waals surface area contributed by atoms with Crippen molar-refractivity contribution in [1.29, 1.82) is 0 Å². The van der Waals surface area contributed by atoms with Crippen LogP contribution in [-0.2, 0) is 4.79 Å². The van der Waals surface area contributed by atoms with Gasteiger partial charge in [0.2, 0.25) is 0 Å². The minimum absolute atomic E-state index is 0.0324. The lowest BCUT2D eigenvalue weighted by molar-refractivity contribution is -0.427.